The number of benzene rings is 3. The van der Waals surface area contributed by atoms with Crippen LogP contribution in [0.3, 0.4) is 0 Å². The van der Waals surface area contributed by atoms with Gasteiger partial charge in [-0.3, -0.25) is 0 Å². The second-order valence-corrected chi connectivity index (χ2v) is 9.00. The molecule has 7 nitrogen and oxygen atoms in total. The summed E-state index contributed by atoms with van der Waals surface area (Å²) in [5.74, 6) is 0.105. The molecule has 38 heavy (non-hydrogen) atoms. The van der Waals surface area contributed by atoms with Crippen LogP contribution in [0.2, 0.25) is 0 Å². The van der Waals surface area contributed by atoms with Crippen molar-refractivity contribution < 1.29 is 28.6 Å². The van der Waals surface area contributed by atoms with E-state index in [1.54, 1.807) is 48.5 Å². The summed E-state index contributed by atoms with van der Waals surface area (Å²) in [6, 6.07) is 20.1. The number of aryl methyl sites for hydroxylation is 2. The van der Waals surface area contributed by atoms with Crippen LogP contribution >= 0.6 is 0 Å². The van der Waals surface area contributed by atoms with Gasteiger partial charge in [0.1, 0.15) is 18.1 Å². The molecule has 0 N–H and O–H groups in total. The molecule has 3 aromatic rings. The maximum absolute atomic E-state index is 11.8. The van der Waals surface area contributed by atoms with Gasteiger partial charge in [0.25, 0.3) is 0 Å². The minimum Gasteiger partial charge on any atom is -0.494 e. The second-order valence-electron chi connectivity index (χ2n) is 9.00. The third kappa shape index (κ3) is 8.47. The van der Waals surface area contributed by atoms with Crippen LogP contribution in [-0.4, -0.2) is 45.1 Å². The molecule has 0 aliphatic heterocycles. The monoisotopic (exact) mass is 517 g/mol. The summed E-state index contributed by atoms with van der Waals surface area (Å²) in [6.07, 6.45) is 3.88. The largest absolute Gasteiger partial charge is 0.494 e. The smallest absolute Gasteiger partial charge is 0.337 e. The van der Waals surface area contributed by atoms with E-state index < -0.39 is 11.9 Å². The number of hydrogen-bond donors (Lipinski definition) is 0. The van der Waals surface area contributed by atoms with Gasteiger partial charge in [-0.05, 0) is 87.1 Å². The lowest BCUT2D eigenvalue weighted by Crippen LogP contribution is -2.08. The quantitative estimate of drug-likeness (QED) is 0.115. The van der Waals surface area contributed by atoms with Gasteiger partial charge in [-0.2, -0.15) is 0 Å². The van der Waals surface area contributed by atoms with Crippen molar-refractivity contribution in [3.05, 3.63) is 100 Å². The van der Waals surface area contributed by atoms with Gasteiger partial charge in [-0.15, -0.1) is 0 Å². The molecular weight excluding hydrogens is 482 g/mol. The molecule has 0 saturated heterocycles. The lowest BCUT2D eigenvalue weighted by molar-refractivity contribution is 0.0592. The maximum atomic E-state index is 11.8. The predicted molar refractivity (Wildman–Crippen MR) is 147 cm³/mol. The first-order valence-electron chi connectivity index (χ1n) is 12.7. The molecular formula is C31H35NO6. The summed E-state index contributed by atoms with van der Waals surface area (Å²) in [6.45, 7) is 5.31. The van der Waals surface area contributed by atoms with Crippen LogP contribution in [-0.2, 0) is 14.3 Å². The highest BCUT2D eigenvalue weighted by molar-refractivity contribution is 6.13. The zero-order valence-corrected chi connectivity index (χ0v) is 22.5. The van der Waals surface area contributed by atoms with Crippen molar-refractivity contribution in [3.63, 3.8) is 0 Å². The first-order valence-corrected chi connectivity index (χ1v) is 12.7. The van der Waals surface area contributed by atoms with Crippen molar-refractivity contribution in [1.82, 2.24) is 0 Å². The number of ether oxygens (including phenoxy) is 3. The number of oxime groups is 1. The zero-order valence-electron chi connectivity index (χ0n) is 22.5. The fourth-order valence-electron chi connectivity index (χ4n) is 3.97. The van der Waals surface area contributed by atoms with Crippen LogP contribution < -0.4 is 4.74 Å². The average Bonchev–Trinajstić information content (AvgIpc) is 2.93. The molecule has 0 aliphatic carbocycles. The van der Waals surface area contributed by atoms with E-state index in [0.29, 0.717) is 30.1 Å². The van der Waals surface area contributed by atoms with Crippen molar-refractivity contribution >= 4 is 17.7 Å². The molecule has 0 radical (unpaired) electrons. The fourth-order valence-corrected chi connectivity index (χ4v) is 3.97. The number of methoxy groups -OCH3 is 2. The summed E-state index contributed by atoms with van der Waals surface area (Å²) in [4.78, 5) is 29.3. The van der Waals surface area contributed by atoms with E-state index >= 15 is 0 Å². The standard InChI is InChI=1S/C31H35NO6/c1-22-19-23(2)21-28(20-22)37-17-7-5-6-8-18-38-32-29(24-9-13-26(14-10-24)30(33)35-3)25-11-15-27(16-12-25)31(34)36-4/h9-16,19-21H,5-8,17-18H2,1-4H3. The van der Waals surface area contributed by atoms with Gasteiger partial charge >= 0.3 is 11.9 Å². The summed E-state index contributed by atoms with van der Waals surface area (Å²) < 4.78 is 15.4. The topological polar surface area (TPSA) is 83.4 Å². The molecule has 0 aromatic heterocycles. The van der Waals surface area contributed by atoms with E-state index in [0.717, 1.165) is 42.6 Å². The van der Waals surface area contributed by atoms with Crippen LogP contribution in [0.15, 0.2) is 71.9 Å². The molecule has 0 bridgehead atoms. The summed E-state index contributed by atoms with van der Waals surface area (Å²) in [5, 5.41) is 4.40. The van der Waals surface area contributed by atoms with Crippen LogP contribution in [0.1, 0.15) is 68.7 Å². The van der Waals surface area contributed by atoms with Crippen LogP contribution in [0.25, 0.3) is 0 Å². The predicted octanol–water partition coefficient (Wildman–Crippen LogP) is 6.29. The molecule has 200 valence electrons. The van der Waals surface area contributed by atoms with E-state index in [1.165, 1.54) is 25.3 Å². The molecule has 0 fully saturated rings. The molecule has 0 spiro atoms. The van der Waals surface area contributed by atoms with Gasteiger partial charge in [0.15, 0.2) is 0 Å². The first kappa shape index (κ1) is 28.4. The molecule has 3 rings (SSSR count). The number of carbonyl (C=O) groups is 2. The molecule has 0 unspecified atom stereocenters. The van der Waals surface area contributed by atoms with Crippen molar-refractivity contribution in [2.45, 2.75) is 39.5 Å². The Balaban J connectivity index is 1.55. The van der Waals surface area contributed by atoms with Gasteiger partial charge in [0, 0.05) is 11.1 Å². The normalized spacial score (nSPS) is 10.4. The molecule has 7 heteroatoms. The van der Waals surface area contributed by atoms with E-state index in [-0.39, 0.29) is 0 Å². The average molecular weight is 518 g/mol. The molecule has 0 amide bonds. The van der Waals surface area contributed by atoms with Gasteiger partial charge in [-0.25, -0.2) is 9.59 Å². The Hall–Kier alpha value is -4.13. The molecule has 0 atom stereocenters. The van der Waals surface area contributed by atoms with Crippen LogP contribution in [0.5, 0.6) is 5.75 Å². The fraction of sp³-hybridized carbons (Fsp3) is 0.323. The number of unbranched alkanes of at least 4 members (excludes halogenated alkanes) is 3. The number of nitrogens with zero attached hydrogens (tertiary/aromatic N) is 1. The summed E-state index contributed by atoms with van der Waals surface area (Å²) in [5.41, 5.74) is 5.43. The van der Waals surface area contributed by atoms with Crippen molar-refractivity contribution in [2.24, 2.45) is 5.16 Å². The Kier molecular flexibility index (Phi) is 10.9. The number of carbonyl (C=O) groups excluding carboxylic acids is 2. The lowest BCUT2D eigenvalue weighted by Gasteiger charge is -2.10. The molecule has 3 aromatic carbocycles. The maximum Gasteiger partial charge on any atom is 0.337 e. The van der Waals surface area contributed by atoms with Crippen molar-refractivity contribution in [2.75, 3.05) is 27.4 Å². The minimum atomic E-state index is -0.409. The third-order valence-electron chi connectivity index (χ3n) is 5.91. The highest BCUT2D eigenvalue weighted by atomic mass is 16.6. The highest BCUT2D eigenvalue weighted by Gasteiger charge is 2.13. The van der Waals surface area contributed by atoms with Gasteiger partial charge in [0.2, 0.25) is 0 Å². The van der Waals surface area contributed by atoms with Gasteiger partial charge < -0.3 is 19.0 Å². The number of esters is 2. The summed E-state index contributed by atoms with van der Waals surface area (Å²) >= 11 is 0. The van der Waals surface area contributed by atoms with Crippen molar-refractivity contribution in [1.29, 1.82) is 0 Å². The summed E-state index contributed by atoms with van der Waals surface area (Å²) in [7, 11) is 2.69. The Morgan fingerprint density at radius 3 is 1.55 bits per heavy atom. The van der Waals surface area contributed by atoms with E-state index in [1.807, 2.05) is 0 Å². The Morgan fingerprint density at radius 1 is 0.632 bits per heavy atom. The molecule has 0 heterocycles. The second kappa shape index (κ2) is 14.6. The van der Waals surface area contributed by atoms with E-state index in [2.05, 4.69) is 37.2 Å². The van der Waals surface area contributed by atoms with Crippen molar-refractivity contribution in [3.8, 4) is 5.75 Å². The lowest BCUT2D eigenvalue weighted by atomic mass is 10.00. The third-order valence-corrected chi connectivity index (χ3v) is 5.91. The number of hydrogen-bond acceptors (Lipinski definition) is 7. The Labute approximate surface area is 224 Å². The SMILES string of the molecule is COC(=O)c1ccc(C(=NOCCCCCCOc2cc(C)cc(C)c2)c2ccc(C(=O)OC)cc2)cc1. The minimum absolute atomic E-state index is 0.409. The Morgan fingerprint density at radius 2 is 1.08 bits per heavy atom. The van der Waals surface area contributed by atoms with Gasteiger partial charge in [0.05, 0.1) is 32.0 Å². The highest BCUT2D eigenvalue weighted by Crippen LogP contribution is 2.17. The first-order chi connectivity index (χ1) is 18.4. The molecule has 0 aliphatic rings. The zero-order chi connectivity index (χ0) is 27.3. The van der Waals surface area contributed by atoms with Crippen LogP contribution in [0.4, 0.5) is 0 Å². The number of rotatable bonds is 13. The van der Waals surface area contributed by atoms with E-state index in [9.17, 15) is 9.59 Å². The van der Waals surface area contributed by atoms with E-state index in [4.69, 9.17) is 19.0 Å². The van der Waals surface area contributed by atoms with Gasteiger partial charge in [-0.1, -0.05) is 35.5 Å². The van der Waals surface area contributed by atoms with Crippen LogP contribution in [0, 0.1) is 13.8 Å². The molecule has 0 saturated carbocycles. The Bertz CT molecular complexity index is 1150.